The molecule has 0 spiro atoms. The maximum absolute atomic E-state index is 12.2. The van der Waals surface area contributed by atoms with Crippen LogP contribution in [-0.4, -0.2) is 46.8 Å². The molecule has 138 valence electrons. The molecule has 2 fully saturated rings. The molecule has 1 saturated heterocycles. The van der Waals surface area contributed by atoms with Crippen molar-refractivity contribution in [1.29, 1.82) is 0 Å². The van der Waals surface area contributed by atoms with Gasteiger partial charge in [0.05, 0.1) is 18.5 Å². The van der Waals surface area contributed by atoms with Gasteiger partial charge in [0.1, 0.15) is 0 Å². The van der Waals surface area contributed by atoms with Crippen LogP contribution in [0.25, 0.3) is 0 Å². The molecular formula is C18H27N3O3S. The van der Waals surface area contributed by atoms with Gasteiger partial charge in [-0.1, -0.05) is 6.42 Å². The van der Waals surface area contributed by atoms with Crippen molar-refractivity contribution in [2.24, 2.45) is 5.92 Å². The second-order valence-electron chi connectivity index (χ2n) is 6.96. The van der Waals surface area contributed by atoms with Crippen LogP contribution < -0.4 is 14.5 Å². The summed E-state index contributed by atoms with van der Waals surface area (Å²) in [5, 5.41) is 2.86. The van der Waals surface area contributed by atoms with E-state index in [-0.39, 0.29) is 18.4 Å². The lowest BCUT2D eigenvalue weighted by Gasteiger charge is -2.26. The number of rotatable bonds is 7. The van der Waals surface area contributed by atoms with Crippen LogP contribution >= 0.6 is 0 Å². The van der Waals surface area contributed by atoms with Crippen molar-refractivity contribution in [2.75, 3.05) is 41.6 Å². The molecule has 0 radical (unpaired) electrons. The van der Waals surface area contributed by atoms with Crippen molar-refractivity contribution < 1.29 is 13.2 Å². The first-order valence-electron chi connectivity index (χ1n) is 9.05. The summed E-state index contributed by atoms with van der Waals surface area (Å²) in [5.41, 5.74) is 1.77. The third kappa shape index (κ3) is 4.45. The lowest BCUT2D eigenvalue weighted by molar-refractivity contribution is -0.127. The topological polar surface area (TPSA) is 69.7 Å². The minimum absolute atomic E-state index is 0.0454. The van der Waals surface area contributed by atoms with E-state index in [9.17, 15) is 13.2 Å². The predicted octanol–water partition coefficient (Wildman–Crippen LogP) is 1.97. The van der Waals surface area contributed by atoms with E-state index in [4.69, 9.17) is 0 Å². The summed E-state index contributed by atoms with van der Waals surface area (Å²) in [6.45, 7) is 2.70. The van der Waals surface area contributed by atoms with Crippen LogP contribution in [0.1, 0.15) is 32.1 Å². The maximum atomic E-state index is 12.2. The summed E-state index contributed by atoms with van der Waals surface area (Å²) < 4.78 is 25.7. The van der Waals surface area contributed by atoms with Crippen LogP contribution in [0.3, 0.4) is 0 Å². The molecule has 6 nitrogen and oxygen atoms in total. The zero-order chi connectivity index (χ0) is 17.9. The Hall–Kier alpha value is -1.76. The van der Waals surface area contributed by atoms with E-state index in [1.54, 1.807) is 0 Å². The van der Waals surface area contributed by atoms with Gasteiger partial charge in [-0.3, -0.25) is 9.10 Å². The first kappa shape index (κ1) is 18.0. The number of nitrogens with one attached hydrogen (secondary N) is 1. The third-order valence-corrected chi connectivity index (χ3v) is 6.29. The second-order valence-corrected chi connectivity index (χ2v) is 8.87. The molecule has 25 heavy (non-hydrogen) atoms. The summed E-state index contributed by atoms with van der Waals surface area (Å²) >= 11 is 0. The van der Waals surface area contributed by atoms with Gasteiger partial charge in [-0.25, -0.2) is 8.42 Å². The molecule has 3 rings (SSSR count). The van der Waals surface area contributed by atoms with Gasteiger partial charge in [0.15, 0.2) is 0 Å². The molecule has 2 aliphatic rings. The molecule has 1 aliphatic heterocycles. The smallest absolute Gasteiger partial charge is 0.232 e. The lowest BCUT2D eigenvalue weighted by atomic mass is 9.85. The Morgan fingerprint density at radius 1 is 1.16 bits per heavy atom. The number of benzene rings is 1. The van der Waals surface area contributed by atoms with E-state index in [1.807, 2.05) is 24.3 Å². The van der Waals surface area contributed by atoms with Crippen LogP contribution in [0, 0.1) is 5.92 Å². The highest BCUT2D eigenvalue weighted by Gasteiger charge is 2.25. The molecule has 1 heterocycles. The highest BCUT2D eigenvalue weighted by molar-refractivity contribution is 7.92. The Morgan fingerprint density at radius 2 is 1.80 bits per heavy atom. The third-order valence-electron chi connectivity index (χ3n) is 5.10. The minimum Gasteiger partial charge on any atom is -0.372 e. The molecule has 0 unspecified atom stereocenters. The van der Waals surface area contributed by atoms with Crippen LogP contribution in [0.4, 0.5) is 11.4 Å². The Kier molecular flexibility index (Phi) is 5.51. The molecule has 1 N–H and O–H groups in total. The molecule has 1 aliphatic carbocycles. The molecular weight excluding hydrogens is 338 g/mol. The number of amides is 1. The first-order chi connectivity index (χ1) is 11.9. The minimum atomic E-state index is -3.39. The van der Waals surface area contributed by atoms with Crippen molar-refractivity contribution in [2.45, 2.75) is 32.1 Å². The molecule has 0 aromatic heterocycles. The van der Waals surface area contributed by atoms with Gasteiger partial charge in [0.25, 0.3) is 0 Å². The Labute approximate surface area is 150 Å². The van der Waals surface area contributed by atoms with E-state index in [0.29, 0.717) is 12.2 Å². The highest BCUT2D eigenvalue weighted by Crippen LogP contribution is 2.26. The predicted molar refractivity (Wildman–Crippen MR) is 100 cm³/mol. The second kappa shape index (κ2) is 7.64. The van der Waals surface area contributed by atoms with E-state index in [2.05, 4.69) is 10.2 Å². The van der Waals surface area contributed by atoms with Gasteiger partial charge in [0, 0.05) is 31.2 Å². The fourth-order valence-electron chi connectivity index (χ4n) is 3.39. The summed E-state index contributed by atoms with van der Waals surface area (Å²) in [7, 11) is -3.39. The van der Waals surface area contributed by atoms with Crippen LogP contribution in [-0.2, 0) is 14.8 Å². The summed E-state index contributed by atoms with van der Waals surface area (Å²) in [5.74, 6) is 0.163. The SMILES string of the molecule is CS(=O)(=O)N(CCNC(=O)C1CCC1)c1ccc(N2CCCC2)cc1. The van der Waals surface area contributed by atoms with Crippen LogP contribution in [0.5, 0.6) is 0 Å². The van der Waals surface area contributed by atoms with E-state index in [0.717, 1.165) is 38.0 Å². The zero-order valence-electron chi connectivity index (χ0n) is 14.8. The van der Waals surface area contributed by atoms with E-state index >= 15 is 0 Å². The summed E-state index contributed by atoms with van der Waals surface area (Å²) in [6, 6.07) is 7.66. The number of sulfonamides is 1. The molecule has 1 saturated carbocycles. The molecule has 0 atom stereocenters. The standard InChI is InChI=1S/C18H27N3O3S/c1-25(23,24)21(14-11-19-18(22)15-5-4-6-15)17-9-7-16(8-10-17)20-12-2-3-13-20/h7-10,15H,2-6,11-14H2,1H3,(H,19,22). The average Bonchev–Trinajstić information content (AvgIpc) is 3.03. The summed E-state index contributed by atoms with van der Waals surface area (Å²) in [6.07, 6.45) is 6.61. The van der Waals surface area contributed by atoms with Gasteiger partial charge in [0.2, 0.25) is 15.9 Å². The van der Waals surface area contributed by atoms with Crippen molar-refractivity contribution in [3.63, 3.8) is 0 Å². The zero-order valence-corrected chi connectivity index (χ0v) is 15.6. The van der Waals surface area contributed by atoms with E-state index < -0.39 is 10.0 Å². The number of hydrogen-bond acceptors (Lipinski definition) is 4. The Bertz CT molecular complexity index is 693. The molecule has 7 heteroatoms. The van der Waals surface area contributed by atoms with Gasteiger partial charge in [-0.2, -0.15) is 0 Å². The van der Waals surface area contributed by atoms with E-state index in [1.165, 1.54) is 23.4 Å². The number of carbonyl (C=O) groups is 1. The van der Waals surface area contributed by atoms with Gasteiger partial charge in [-0.15, -0.1) is 0 Å². The number of anilines is 2. The maximum Gasteiger partial charge on any atom is 0.232 e. The fraction of sp³-hybridized carbons (Fsp3) is 0.611. The number of nitrogens with zero attached hydrogens (tertiary/aromatic N) is 2. The van der Waals surface area contributed by atoms with Crippen molar-refractivity contribution in [3.05, 3.63) is 24.3 Å². The average molecular weight is 365 g/mol. The van der Waals surface area contributed by atoms with Crippen LogP contribution in [0.2, 0.25) is 0 Å². The number of hydrogen-bond donors (Lipinski definition) is 1. The molecule has 1 amide bonds. The van der Waals surface area contributed by atoms with Crippen molar-refractivity contribution >= 4 is 27.3 Å². The molecule has 1 aromatic carbocycles. The number of carbonyl (C=O) groups excluding carboxylic acids is 1. The first-order valence-corrected chi connectivity index (χ1v) is 10.9. The van der Waals surface area contributed by atoms with Gasteiger partial charge >= 0.3 is 0 Å². The Balaban J connectivity index is 1.62. The van der Waals surface area contributed by atoms with Crippen molar-refractivity contribution in [1.82, 2.24) is 5.32 Å². The molecule has 0 bridgehead atoms. The highest BCUT2D eigenvalue weighted by atomic mass is 32.2. The van der Waals surface area contributed by atoms with Gasteiger partial charge < -0.3 is 10.2 Å². The largest absolute Gasteiger partial charge is 0.372 e. The monoisotopic (exact) mass is 365 g/mol. The van der Waals surface area contributed by atoms with Gasteiger partial charge in [-0.05, 0) is 49.9 Å². The summed E-state index contributed by atoms with van der Waals surface area (Å²) in [4.78, 5) is 14.2. The van der Waals surface area contributed by atoms with Crippen molar-refractivity contribution in [3.8, 4) is 0 Å². The Morgan fingerprint density at radius 3 is 2.32 bits per heavy atom. The lowest BCUT2D eigenvalue weighted by Crippen LogP contribution is -2.41. The fourth-order valence-corrected chi connectivity index (χ4v) is 4.31. The molecule has 1 aromatic rings. The quantitative estimate of drug-likeness (QED) is 0.802. The van der Waals surface area contributed by atoms with Crippen LogP contribution in [0.15, 0.2) is 24.3 Å². The normalized spacial score (nSPS) is 18.0.